The summed E-state index contributed by atoms with van der Waals surface area (Å²) >= 11 is 3.43. The maximum absolute atomic E-state index is 12.9. The van der Waals surface area contributed by atoms with E-state index in [1.807, 2.05) is 55.5 Å². The molecule has 1 aliphatic rings. The van der Waals surface area contributed by atoms with Crippen molar-refractivity contribution >= 4 is 31.7 Å². The van der Waals surface area contributed by atoms with Gasteiger partial charge in [-0.15, -0.1) is 0 Å². The molecule has 27 heavy (non-hydrogen) atoms. The Balaban J connectivity index is 1.73. The molecule has 1 amide bonds. The monoisotopic (exact) mass is 451 g/mol. The summed E-state index contributed by atoms with van der Waals surface area (Å²) in [4.78, 5) is 14.5. The third-order valence-electron chi connectivity index (χ3n) is 4.59. The lowest BCUT2D eigenvalue weighted by molar-refractivity contribution is -0.136. The third-order valence-corrected chi connectivity index (χ3v) is 6.84. The molecular weight excluding hydrogens is 430 g/mol. The Bertz CT molecular complexity index is 912. The molecule has 1 heterocycles. The van der Waals surface area contributed by atoms with Crippen molar-refractivity contribution in [3.8, 4) is 5.75 Å². The van der Waals surface area contributed by atoms with E-state index in [0.29, 0.717) is 18.7 Å². The van der Waals surface area contributed by atoms with Gasteiger partial charge in [-0.3, -0.25) is 4.79 Å². The number of nitrogens with zero attached hydrogens (tertiary/aromatic N) is 1. The molecule has 0 aliphatic carbocycles. The maximum Gasteiger partial charge on any atom is 0.261 e. The number of rotatable bonds is 6. The molecule has 0 unspecified atom stereocenters. The van der Waals surface area contributed by atoms with E-state index in [1.54, 1.807) is 4.90 Å². The predicted molar refractivity (Wildman–Crippen MR) is 108 cm³/mol. The summed E-state index contributed by atoms with van der Waals surface area (Å²) in [5.74, 6) is 0.545. The summed E-state index contributed by atoms with van der Waals surface area (Å²) in [7, 11) is -3.09. The highest BCUT2D eigenvalue weighted by molar-refractivity contribution is 9.10. The fourth-order valence-corrected chi connectivity index (χ4v) is 5.31. The maximum atomic E-state index is 12.9. The molecule has 2 aromatic carbocycles. The van der Waals surface area contributed by atoms with E-state index in [9.17, 15) is 13.2 Å². The van der Waals surface area contributed by atoms with Crippen molar-refractivity contribution in [1.82, 2.24) is 4.90 Å². The van der Waals surface area contributed by atoms with Crippen LogP contribution in [0.2, 0.25) is 0 Å². The number of ether oxygens (including phenoxy) is 1. The van der Waals surface area contributed by atoms with Gasteiger partial charge in [0.05, 0.1) is 11.5 Å². The second-order valence-electron chi connectivity index (χ2n) is 6.81. The molecule has 1 saturated heterocycles. The number of amides is 1. The van der Waals surface area contributed by atoms with Gasteiger partial charge in [-0.2, -0.15) is 0 Å². The van der Waals surface area contributed by atoms with Gasteiger partial charge < -0.3 is 9.64 Å². The number of halogens is 1. The fourth-order valence-electron chi connectivity index (χ4n) is 3.14. The smallest absolute Gasteiger partial charge is 0.261 e. The summed E-state index contributed by atoms with van der Waals surface area (Å²) in [6.07, 6.45) is 0.465. The second-order valence-corrected chi connectivity index (χ2v) is 9.95. The third kappa shape index (κ3) is 5.56. The van der Waals surface area contributed by atoms with Crippen LogP contribution in [-0.4, -0.2) is 43.4 Å². The van der Waals surface area contributed by atoms with Crippen molar-refractivity contribution in [1.29, 1.82) is 0 Å². The van der Waals surface area contributed by atoms with E-state index in [-0.39, 0.29) is 30.1 Å². The highest BCUT2D eigenvalue weighted by Crippen LogP contribution is 2.22. The van der Waals surface area contributed by atoms with Crippen molar-refractivity contribution in [3.05, 3.63) is 64.1 Å². The Labute approximate surface area is 168 Å². The second kappa shape index (κ2) is 8.44. The van der Waals surface area contributed by atoms with Crippen LogP contribution in [0, 0.1) is 6.92 Å². The van der Waals surface area contributed by atoms with Crippen LogP contribution in [0.5, 0.6) is 5.75 Å². The molecule has 0 N–H and O–H groups in total. The van der Waals surface area contributed by atoms with Crippen LogP contribution >= 0.6 is 15.9 Å². The lowest BCUT2D eigenvalue weighted by Gasteiger charge is -2.28. The van der Waals surface area contributed by atoms with Crippen LogP contribution in [-0.2, 0) is 21.2 Å². The molecule has 7 heteroatoms. The van der Waals surface area contributed by atoms with Crippen LogP contribution in [0.25, 0.3) is 0 Å². The van der Waals surface area contributed by atoms with E-state index in [1.165, 1.54) is 0 Å². The van der Waals surface area contributed by atoms with Gasteiger partial charge in [0.1, 0.15) is 5.75 Å². The van der Waals surface area contributed by atoms with Crippen molar-refractivity contribution in [3.63, 3.8) is 0 Å². The van der Waals surface area contributed by atoms with Crippen LogP contribution in [0.4, 0.5) is 0 Å². The SMILES string of the molecule is Cc1ccc(OCC(=O)N(Cc2cccc(Br)c2)[C@H]2CCS(=O)(=O)C2)cc1. The molecule has 1 atom stereocenters. The van der Waals surface area contributed by atoms with Crippen LogP contribution < -0.4 is 4.74 Å². The summed E-state index contributed by atoms with van der Waals surface area (Å²) in [5, 5.41) is 0. The van der Waals surface area contributed by atoms with Gasteiger partial charge in [0.25, 0.3) is 5.91 Å². The zero-order chi connectivity index (χ0) is 19.4. The minimum Gasteiger partial charge on any atom is -0.484 e. The van der Waals surface area contributed by atoms with Crippen molar-refractivity contribution < 1.29 is 17.9 Å². The molecule has 0 bridgehead atoms. The number of aryl methyl sites for hydroxylation is 1. The zero-order valence-electron chi connectivity index (χ0n) is 15.1. The molecule has 0 radical (unpaired) electrons. The zero-order valence-corrected chi connectivity index (χ0v) is 17.5. The number of benzene rings is 2. The molecule has 1 aliphatic heterocycles. The Morgan fingerprint density at radius 3 is 2.59 bits per heavy atom. The molecular formula is C20H22BrNO4S. The highest BCUT2D eigenvalue weighted by atomic mass is 79.9. The summed E-state index contributed by atoms with van der Waals surface area (Å²) in [6, 6.07) is 14.8. The molecule has 0 saturated carbocycles. The average Bonchev–Trinajstić information content (AvgIpc) is 2.98. The first-order valence-corrected chi connectivity index (χ1v) is 11.4. The Kier molecular flexibility index (Phi) is 6.22. The first kappa shape index (κ1) is 19.9. The van der Waals surface area contributed by atoms with Gasteiger partial charge in [-0.25, -0.2) is 8.42 Å². The number of carbonyl (C=O) groups excluding carboxylic acids is 1. The molecule has 0 spiro atoms. The van der Waals surface area contributed by atoms with Gasteiger partial charge >= 0.3 is 0 Å². The van der Waals surface area contributed by atoms with Crippen LogP contribution in [0.1, 0.15) is 17.5 Å². The topological polar surface area (TPSA) is 63.7 Å². The van der Waals surface area contributed by atoms with E-state index in [2.05, 4.69) is 15.9 Å². The predicted octanol–water partition coefficient (Wildman–Crippen LogP) is 3.35. The van der Waals surface area contributed by atoms with Crippen molar-refractivity contribution in [2.45, 2.75) is 25.9 Å². The lowest BCUT2D eigenvalue weighted by atomic mass is 10.1. The van der Waals surface area contributed by atoms with Crippen LogP contribution in [0.3, 0.4) is 0 Å². The Hall–Kier alpha value is -1.86. The van der Waals surface area contributed by atoms with Gasteiger partial charge in [-0.05, 0) is 43.2 Å². The van der Waals surface area contributed by atoms with E-state index >= 15 is 0 Å². The largest absolute Gasteiger partial charge is 0.484 e. The summed E-state index contributed by atoms with van der Waals surface area (Å²) < 4.78 is 30.4. The normalized spacial score (nSPS) is 18.2. The molecule has 0 aromatic heterocycles. The first-order chi connectivity index (χ1) is 12.8. The van der Waals surface area contributed by atoms with E-state index in [4.69, 9.17) is 4.74 Å². The Morgan fingerprint density at radius 2 is 1.96 bits per heavy atom. The molecule has 3 rings (SSSR count). The lowest BCUT2D eigenvalue weighted by Crippen LogP contribution is -2.43. The number of hydrogen-bond donors (Lipinski definition) is 0. The molecule has 144 valence electrons. The van der Waals surface area contributed by atoms with Gasteiger partial charge in [0.2, 0.25) is 0 Å². The van der Waals surface area contributed by atoms with Gasteiger partial charge in [0, 0.05) is 17.1 Å². The molecule has 5 nitrogen and oxygen atoms in total. The minimum atomic E-state index is -3.09. The highest BCUT2D eigenvalue weighted by Gasteiger charge is 2.34. The Morgan fingerprint density at radius 1 is 1.22 bits per heavy atom. The molecule has 1 fully saturated rings. The van der Waals surface area contributed by atoms with Crippen molar-refractivity contribution in [2.24, 2.45) is 0 Å². The van der Waals surface area contributed by atoms with Crippen molar-refractivity contribution in [2.75, 3.05) is 18.1 Å². The van der Waals surface area contributed by atoms with E-state index < -0.39 is 9.84 Å². The number of hydrogen-bond acceptors (Lipinski definition) is 4. The summed E-state index contributed by atoms with van der Waals surface area (Å²) in [5.41, 5.74) is 2.05. The van der Waals surface area contributed by atoms with Gasteiger partial charge in [-0.1, -0.05) is 45.8 Å². The quantitative estimate of drug-likeness (QED) is 0.675. The summed E-state index contributed by atoms with van der Waals surface area (Å²) in [6.45, 7) is 2.22. The first-order valence-electron chi connectivity index (χ1n) is 8.76. The standard InChI is InChI=1S/C20H22BrNO4S/c1-15-5-7-19(8-6-15)26-13-20(23)22(18-9-10-27(24,25)14-18)12-16-3-2-4-17(21)11-16/h2-8,11,18H,9-10,12-14H2,1H3/t18-/m0/s1. The molecule has 2 aromatic rings. The fraction of sp³-hybridized carbons (Fsp3) is 0.350. The number of carbonyl (C=O) groups is 1. The van der Waals surface area contributed by atoms with Gasteiger partial charge in [0.15, 0.2) is 16.4 Å². The van der Waals surface area contributed by atoms with Crippen LogP contribution in [0.15, 0.2) is 53.0 Å². The minimum absolute atomic E-state index is 0.0112. The average molecular weight is 452 g/mol. The number of sulfone groups is 1. The van der Waals surface area contributed by atoms with E-state index in [0.717, 1.165) is 15.6 Å².